The Morgan fingerprint density at radius 3 is 1.46 bits per heavy atom. The summed E-state index contributed by atoms with van der Waals surface area (Å²) in [5, 5.41) is 2.57. The highest BCUT2D eigenvalue weighted by Crippen LogP contribution is 2.36. The fourth-order valence-electron chi connectivity index (χ4n) is 5.91. The quantitative estimate of drug-likeness (QED) is 0.214. The summed E-state index contributed by atoms with van der Waals surface area (Å²) < 4.78 is 2.37. The number of aromatic nitrogens is 1. The summed E-state index contributed by atoms with van der Waals surface area (Å²) in [4.78, 5) is 0. The van der Waals surface area contributed by atoms with Crippen LogP contribution in [-0.2, 0) is 5.41 Å². The molecule has 0 spiro atoms. The van der Waals surface area contributed by atoms with Gasteiger partial charge in [-0.1, -0.05) is 130 Å². The normalized spacial score (nSPS) is 11.8. The van der Waals surface area contributed by atoms with Crippen molar-refractivity contribution < 1.29 is 0 Å². The molecule has 0 aliphatic heterocycles. The lowest BCUT2D eigenvalue weighted by Gasteiger charge is -2.22. The van der Waals surface area contributed by atoms with Crippen LogP contribution < -0.4 is 0 Å². The average molecular weight is 528 g/mol. The minimum atomic E-state index is 0.0553. The maximum Gasteiger partial charge on any atom is 0.0541 e. The molecular formula is C40H33N. The highest BCUT2D eigenvalue weighted by molar-refractivity contribution is 6.09. The Morgan fingerprint density at radius 2 is 0.854 bits per heavy atom. The number of nitrogens with zero attached hydrogens (tertiary/aromatic N) is 1. The van der Waals surface area contributed by atoms with E-state index in [-0.39, 0.29) is 5.41 Å². The van der Waals surface area contributed by atoms with Crippen LogP contribution in [0, 0.1) is 0 Å². The summed E-state index contributed by atoms with van der Waals surface area (Å²) in [5.41, 5.74) is 12.5. The van der Waals surface area contributed by atoms with Gasteiger partial charge in [0.15, 0.2) is 0 Å². The molecule has 1 aromatic heterocycles. The molecule has 0 aliphatic rings. The SMILES string of the molecule is CC(C)(C)c1cc(-c2ccccc2)cc(-c2cccc(-c3ccc(-n4c5ccccc5c5ccccc54)cc3)c2)c1. The summed E-state index contributed by atoms with van der Waals surface area (Å²) >= 11 is 0. The predicted molar refractivity (Wildman–Crippen MR) is 176 cm³/mol. The summed E-state index contributed by atoms with van der Waals surface area (Å²) in [6.45, 7) is 6.86. The molecule has 1 heteroatoms. The average Bonchev–Trinajstić information content (AvgIpc) is 3.35. The Bertz CT molecular complexity index is 1950. The third-order valence-corrected chi connectivity index (χ3v) is 8.14. The van der Waals surface area contributed by atoms with Gasteiger partial charge in [-0.15, -0.1) is 0 Å². The molecule has 7 aromatic rings. The first-order valence-corrected chi connectivity index (χ1v) is 14.4. The Hall–Kier alpha value is -4.88. The van der Waals surface area contributed by atoms with Crippen molar-refractivity contribution in [1.82, 2.24) is 4.57 Å². The summed E-state index contributed by atoms with van der Waals surface area (Å²) in [6.07, 6.45) is 0. The van der Waals surface area contributed by atoms with Crippen LogP contribution in [0.3, 0.4) is 0 Å². The van der Waals surface area contributed by atoms with Crippen LogP contribution in [0.15, 0.2) is 146 Å². The van der Waals surface area contributed by atoms with Gasteiger partial charge >= 0.3 is 0 Å². The number of rotatable bonds is 4. The van der Waals surface area contributed by atoms with E-state index in [1.807, 2.05) is 0 Å². The molecular weight excluding hydrogens is 494 g/mol. The topological polar surface area (TPSA) is 4.93 Å². The standard InChI is InChI=1S/C40H33N/c1-40(2,3)34-26-32(28-12-5-4-6-13-28)25-33(27-34)31-15-11-14-30(24-31)29-20-22-35(23-21-29)41-38-18-9-7-16-36(38)37-17-8-10-19-39(37)41/h4-27H,1-3H3. The van der Waals surface area contributed by atoms with Gasteiger partial charge in [0.1, 0.15) is 0 Å². The lowest BCUT2D eigenvalue weighted by atomic mass is 9.83. The van der Waals surface area contributed by atoms with Gasteiger partial charge in [0.25, 0.3) is 0 Å². The van der Waals surface area contributed by atoms with Crippen molar-refractivity contribution in [3.63, 3.8) is 0 Å². The van der Waals surface area contributed by atoms with Crippen molar-refractivity contribution >= 4 is 21.8 Å². The number of fused-ring (bicyclic) bond motifs is 3. The van der Waals surface area contributed by atoms with Crippen molar-refractivity contribution in [3.8, 4) is 39.1 Å². The zero-order valence-corrected chi connectivity index (χ0v) is 23.8. The lowest BCUT2D eigenvalue weighted by Crippen LogP contribution is -2.11. The Morgan fingerprint density at radius 1 is 0.390 bits per heavy atom. The fourth-order valence-corrected chi connectivity index (χ4v) is 5.91. The predicted octanol–water partition coefficient (Wildman–Crippen LogP) is 11.1. The van der Waals surface area contributed by atoms with Crippen LogP contribution in [0.2, 0.25) is 0 Å². The highest BCUT2D eigenvalue weighted by Gasteiger charge is 2.17. The van der Waals surface area contributed by atoms with Crippen molar-refractivity contribution in [1.29, 1.82) is 0 Å². The first kappa shape index (κ1) is 25.1. The molecule has 6 aromatic carbocycles. The molecule has 0 unspecified atom stereocenters. The van der Waals surface area contributed by atoms with E-state index in [4.69, 9.17) is 0 Å². The van der Waals surface area contributed by atoms with Gasteiger partial charge in [0, 0.05) is 16.5 Å². The molecule has 7 rings (SSSR count). The Labute approximate surface area is 242 Å². The fraction of sp³-hybridized carbons (Fsp3) is 0.100. The summed E-state index contributed by atoms with van der Waals surface area (Å²) in [6, 6.07) is 53.0. The van der Waals surface area contributed by atoms with Gasteiger partial charge in [-0.3, -0.25) is 0 Å². The first-order valence-electron chi connectivity index (χ1n) is 14.4. The van der Waals surface area contributed by atoms with E-state index in [0.29, 0.717) is 0 Å². The molecule has 198 valence electrons. The Kier molecular flexibility index (Phi) is 6.09. The van der Waals surface area contributed by atoms with Gasteiger partial charge < -0.3 is 4.57 Å². The van der Waals surface area contributed by atoms with Gasteiger partial charge in [-0.2, -0.15) is 0 Å². The monoisotopic (exact) mass is 527 g/mol. The maximum absolute atomic E-state index is 2.37. The van der Waals surface area contributed by atoms with Gasteiger partial charge in [-0.05, 0) is 80.8 Å². The molecule has 0 bridgehead atoms. The van der Waals surface area contributed by atoms with Gasteiger partial charge in [0.2, 0.25) is 0 Å². The molecule has 0 saturated heterocycles. The molecule has 0 saturated carbocycles. The minimum Gasteiger partial charge on any atom is -0.309 e. The zero-order valence-electron chi connectivity index (χ0n) is 23.8. The first-order chi connectivity index (χ1) is 20.0. The van der Waals surface area contributed by atoms with Crippen molar-refractivity contribution in [2.45, 2.75) is 26.2 Å². The lowest BCUT2D eigenvalue weighted by molar-refractivity contribution is 0.590. The second kappa shape index (κ2) is 9.94. The summed E-state index contributed by atoms with van der Waals surface area (Å²) in [5.74, 6) is 0. The van der Waals surface area contributed by atoms with Crippen molar-refractivity contribution in [2.75, 3.05) is 0 Å². The van der Waals surface area contributed by atoms with Crippen LogP contribution >= 0.6 is 0 Å². The second-order valence-electron chi connectivity index (χ2n) is 11.9. The van der Waals surface area contributed by atoms with E-state index in [1.54, 1.807) is 0 Å². The van der Waals surface area contributed by atoms with Crippen molar-refractivity contribution in [2.24, 2.45) is 0 Å². The summed E-state index contributed by atoms with van der Waals surface area (Å²) in [7, 11) is 0. The number of benzene rings is 6. The minimum absolute atomic E-state index is 0.0553. The van der Waals surface area contributed by atoms with Crippen LogP contribution in [-0.4, -0.2) is 4.57 Å². The largest absolute Gasteiger partial charge is 0.309 e. The van der Waals surface area contributed by atoms with E-state index < -0.39 is 0 Å². The van der Waals surface area contributed by atoms with Crippen LogP contribution in [0.25, 0.3) is 60.9 Å². The number of hydrogen-bond donors (Lipinski definition) is 0. The number of hydrogen-bond acceptors (Lipinski definition) is 0. The molecule has 1 heterocycles. The van der Waals surface area contributed by atoms with Gasteiger partial charge in [0.05, 0.1) is 11.0 Å². The smallest absolute Gasteiger partial charge is 0.0541 e. The van der Waals surface area contributed by atoms with E-state index in [9.17, 15) is 0 Å². The highest BCUT2D eigenvalue weighted by atomic mass is 15.0. The van der Waals surface area contributed by atoms with E-state index in [2.05, 4.69) is 171 Å². The molecule has 0 aliphatic carbocycles. The molecule has 0 atom stereocenters. The molecule has 0 fully saturated rings. The number of para-hydroxylation sites is 2. The van der Waals surface area contributed by atoms with Crippen LogP contribution in [0.1, 0.15) is 26.3 Å². The molecule has 41 heavy (non-hydrogen) atoms. The van der Waals surface area contributed by atoms with E-state index in [0.717, 1.165) is 0 Å². The van der Waals surface area contributed by atoms with Crippen LogP contribution in [0.4, 0.5) is 0 Å². The van der Waals surface area contributed by atoms with E-state index in [1.165, 1.54) is 66.4 Å². The third-order valence-electron chi connectivity index (χ3n) is 8.14. The Balaban J connectivity index is 1.29. The molecule has 1 nitrogen and oxygen atoms in total. The van der Waals surface area contributed by atoms with Gasteiger partial charge in [-0.25, -0.2) is 0 Å². The maximum atomic E-state index is 2.37. The van der Waals surface area contributed by atoms with Crippen LogP contribution in [0.5, 0.6) is 0 Å². The van der Waals surface area contributed by atoms with E-state index >= 15 is 0 Å². The zero-order chi connectivity index (χ0) is 28.0. The molecule has 0 N–H and O–H groups in total. The van der Waals surface area contributed by atoms with Crippen molar-refractivity contribution in [3.05, 3.63) is 151 Å². The third kappa shape index (κ3) is 4.64. The molecule has 0 amide bonds. The molecule has 0 radical (unpaired) electrons. The second-order valence-corrected chi connectivity index (χ2v) is 11.9.